The van der Waals surface area contributed by atoms with E-state index < -0.39 is 11.9 Å². The van der Waals surface area contributed by atoms with Crippen molar-refractivity contribution in [2.75, 3.05) is 6.61 Å². The average Bonchev–Trinajstić information content (AvgIpc) is 2.98. The van der Waals surface area contributed by atoms with Gasteiger partial charge < -0.3 is 10.5 Å². The first-order chi connectivity index (χ1) is 8.61. The van der Waals surface area contributed by atoms with Crippen LogP contribution >= 0.6 is 11.3 Å². The second-order valence-corrected chi connectivity index (χ2v) is 4.08. The van der Waals surface area contributed by atoms with Crippen molar-refractivity contribution in [2.24, 2.45) is 5.73 Å². The van der Waals surface area contributed by atoms with E-state index in [4.69, 9.17) is 10.5 Å². The van der Waals surface area contributed by atoms with Crippen molar-refractivity contribution in [2.45, 2.75) is 6.92 Å². The molecule has 0 atom stereocenters. The molecule has 8 nitrogen and oxygen atoms in total. The van der Waals surface area contributed by atoms with Crippen LogP contribution in [0, 0.1) is 0 Å². The molecule has 0 aliphatic rings. The fraction of sp³-hybridized carbons (Fsp3) is 0.222. The summed E-state index contributed by atoms with van der Waals surface area (Å²) in [6.45, 7) is 1.97. The van der Waals surface area contributed by atoms with Crippen molar-refractivity contribution in [1.29, 1.82) is 0 Å². The number of nitrogens with two attached hydrogens (primary N) is 1. The lowest BCUT2D eigenvalue weighted by molar-refractivity contribution is 0.0525. The number of aromatic nitrogens is 4. The van der Waals surface area contributed by atoms with E-state index in [9.17, 15) is 9.59 Å². The summed E-state index contributed by atoms with van der Waals surface area (Å²) in [5.74, 6) is -1.17. The first kappa shape index (κ1) is 12.2. The summed E-state index contributed by atoms with van der Waals surface area (Å²) in [6, 6.07) is 1.45. The number of hydrogen-bond donors (Lipinski definition) is 1. The first-order valence-electron chi connectivity index (χ1n) is 4.98. The second-order valence-electron chi connectivity index (χ2n) is 3.12. The molecule has 0 radical (unpaired) electrons. The fourth-order valence-corrected chi connectivity index (χ4v) is 1.82. The summed E-state index contributed by atoms with van der Waals surface area (Å²) in [6.07, 6.45) is 1.51. The number of carbonyl (C=O) groups excluding carboxylic acids is 2. The van der Waals surface area contributed by atoms with Gasteiger partial charge in [0, 0.05) is 6.20 Å². The smallest absolute Gasteiger partial charge is 0.369 e. The van der Waals surface area contributed by atoms with Crippen molar-refractivity contribution in [1.82, 2.24) is 20.0 Å². The zero-order valence-corrected chi connectivity index (χ0v) is 10.2. The maximum atomic E-state index is 11.4. The number of primary amides is 1. The van der Waals surface area contributed by atoms with Crippen LogP contribution < -0.4 is 5.73 Å². The van der Waals surface area contributed by atoms with Crippen LogP contribution in [0.1, 0.15) is 27.2 Å². The molecule has 2 aromatic rings. The van der Waals surface area contributed by atoms with Crippen LogP contribution in [-0.2, 0) is 4.74 Å². The topological polar surface area (TPSA) is 113 Å². The highest BCUT2D eigenvalue weighted by Gasteiger charge is 2.15. The van der Waals surface area contributed by atoms with Gasteiger partial charge in [0.05, 0.1) is 6.61 Å². The number of ether oxygens (including phenoxy) is 1. The van der Waals surface area contributed by atoms with Gasteiger partial charge in [0.2, 0.25) is 10.1 Å². The summed E-state index contributed by atoms with van der Waals surface area (Å²) in [7, 11) is 0. The van der Waals surface area contributed by atoms with E-state index in [1.54, 1.807) is 6.92 Å². The molecule has 1 amide bonds. The Morgan fingerprint density at radius 2 is 2.28 bits per heavy atom. The molecule has 2 N–H and O–H groups in total. The Hall–Kier alpha value is -2.29. The van der Waals surface area contributed by atoms with Crippen molar-refractivity contribution in [3.05, 3.63) is 23.0 Å². The lowest BCUT2D eigenvalue weighted by Gasteiger charge is -1.94. The predicted octanol–water partition coefficient (Wildman–Crippen LogP) is -0.000600. The van der Waals surface area contributed by atoms with Crippen LogP contribution in [0.4, 0.5) is 0 Å². The van der Waals surface area contributed by atoms with E-state index in [1.807, 2.05) is 0 Å². The summed E-state index contributed by atoms with van der Waals surface area (Å²) >= 11 is 1.01. The van der Waals surface area contributed by atoms with Crippen molar-refractivity contribution in [3.63, 3.8) is 0 Å². The molecule has 2 rings (SSSR count). The Morgan fingerprint density at radius 3 is 2.89 bits per heavy atom. The summed E-state index contributed by atoms with van der Waals surface area (Å²) in [5, 5.41) is 11.8. The first-order valence-corrected chi connectivity index (χ1v) is 5.80. The van der Waals surface area contributed by atoms with Gasteiger partial charge in [-0.25, -0.2) is 9.48 Å². The molecule has 0 fully saturated rings. The highest BCUT2D eigenvalue weighted by molar-refractivity contribution is 7.15. The van der Waals surface area contributed by atoms with Crippen LogP contribution in [0.5, 0.6) is 0 Å². The van der Waals surface area contributed by atoms with Crippen LogP contribution in [0.15, 0.2) is 12.3 Å². The molecule has 18 heavy (non-hydrogen) atoms. The second kappa shape index (κ2) is 4.92. The van der Waals surface area contributed by atoms with Gasteiger partial charge in [0.15, 0.2) is 0 Å². The summed E-state index contributed by atoms with van der Waals surface area (Å²) in [4.78, 5) is 22.3. The number of carbonyl (C=O) groups is 2. The molecule has 94 valence electrons. The number of nitrogens with zero attached hydrogens (tertiary/aromatic N) is 4. The van der Waals surface area contributed by atoms with E-state index in [0.717, 1.165) is 11.3 Å². The summed E-state index contributed by atoms with van der Waals surface area (Å²) < 4.78 is 6.11. The van der Waals surface area contributed by atoms with E-state index in [2.05, 4.69) is 15.3 Å². The maximum absolute atomic E-state index is 11.4. The summed E-state index contributed by atoms with van der Waals surface area (Å²) in [5.41, 5.74) is 5.19. The Labute approximate surface area is 105 Å². The molecule has 2 aromatic heterocycles. The molecule has 0 bridgehead atoms. The van der Waals surface area contributed by atoms with Crippen LogP contribution in [0.2, 0.25) is 0 Å². The lowest BCUT2D eigenvalue weighted by atomic mass is 10.4. The van der Waals surface area contributed by atoms with Crippen molar-refractivity contribution < 1.29 is 14.3 Å². The van der Waals surface area contributed by atoms with E-state index in [1.165, 1.54) is 16.9 Å². The molecule has 2 heterocycles. The lowest BCUT2D eigenvalue weighted by Crippen LogP contribution is -2.12. The van der Waals surface area contributed by atoms with Gasteiger partial charge in [-0.05, 0) is 13.0 Å². The zero-order chi connectivity index (χ0) is 13.1. The van der Waals surface area contributed by atoms with Crippen molar-refractivity contribution in [3.8, 4) is 5.13 Å². The van der Waals surface area contributed by atoms with Gasteiger partial charge >= 0.3 is 5.97 Å². The zero-order valence-electron chi connectivity index (χ0n) is 9.36. The van der Waals surface area contributed by atoms with Gasteiger partial charge in [0.1, 0.15) is 5.69 Å². The molecule has 0 saturated carbocycles. The maximum Gasteiger partial charge on any atom is 0.369 e. The molecular formula is C9H9N5O3S. The number of amides is 1. The number of hydrogen-bond acceptors (Lipinski definition) is 7. The Morgan fingerprint density at radius 1 is 1.50 bits per heavy atom. The monoisotopic (exact) mass is 267 g/mol. The largest absolute Gasteiger partial charge is 0.461 e. The minimum atomic E-state index is -0.635. The van der Waals surface area contributed by atoms with E-state index >= 15 is 0 Å². The molecule has 0 unspecified atom stereocenters. The Balaban J connectivity index is 2.23. The average molecular weight is 267 g/mol. The molecule has 0 aliphatic carbocycles. The van der Waals surface area contributed by atoms with Gasteiger partial charge in [-0.3, -0.25) is 4.79 Å². The Bertz CT molecular complexity index is 591. The van der Waals surface area contributed by atoms with Crippen LogP contribution in [-0.4, -0.2) is 38.5 Å². The SMILES string of the molecule is CCOC(=O)c1nnc(-n2ccc(C(N)=O)n2)s1. The highest BCUT2D eigenvalue weighted by Crippen LogP contribution is 2.15. The highest BCUT2D eigenvalue weighted by atomic mass is 32.1. The third-order valence-corrected chi connectivity index (χ3v) is 2.79. The normalized spacial score (nSPS) is 10.3. The third-order valence-electron chi connectivity index (χ3n) is 1.90. The number of rotatable bonds is 4. The van der Waals surface area contributed by atoms with E-state index in [-0.39, 0.29) is 17.3 Å². The predicted molar refractivity (Wildman–Crippen MR) is 61.5 cm³/mol. The van der Waals surface area contributed by atoms with Crippen LogP contribution in [0.3, 0.4) is 0 Å². The van der Waals surface area contributed by atoms with Gasteiger partial charge in [-0.15, -0.1) is 10.2 Å². The molecular weight excluding hydrogens is 258 g/mol. The minimum Gasteiger partial charge on any atom is -0.461 e. The number of esters is 1. The van der Waals surface area contributed by atoms with E-state index in [0.29, 0.717) is 5.13 Å². The van der Waals surface area contributed by atoms with Crippen LogP contribution in [0.25, 0.3) is 5.13 Å². The standard InChI is InChI=1S/C9H9N5O3S/c1-2-17-8(16)7-11-12-9(18-7)14-4-3-5(13-14)6(10)15/h3-4H,2H2,1H3,(H2,10,15). The molecule has 0 spiro atoms. The third kappa shape index (κ3) is 2.35. The van der Waals surface area contributed by atoms with Gasteiger partial charge in [-0.1, -0.05) is 11.3 Å². The minimum absolute atomic E-state index is 0.114. The molecule has 0 aromatic carbocycles. The molecule has 0 aliphatic heterocycles. The van der Waals surface area contributed by atoms with Crippen molar-refractivity contribution >= 4 is 23.2 Å². The van der Waals surface area contributed by atoms with Gasteiger partial charge in [-0.2, -0.15) is 5.10 Å². The quantitative estimate of drug-likeness (QED) is 0.780. The molecule has 9 heteroatoms. The fourth-order valence-electron chi connectivity index (χ4n) is 1.15. The molecule has 0 saturated heterocycles. The van der Waals surface area contributed by atoms with Gasteiger partial charge in [0.25, 0.3) is 5.91 Å². The Kier molecular flexibility index (Phi) is 3.33.